The van der Waals surface area contributed by atoms with Crippen molar-refractivity contribution in [2.45, 2.75) is 18.1 Å². The molecule has 0 aliphatic heterocycles. The van der Waals surface area contributed by atoms with E-state index in [0.717, 1.165) is 16.9 Å². The van der Waals surface area contributed by atoms with Crippen molar-refractivity contribution in [3.63, 3.8) is 0 Å². The molecule has 0 amide bonds. The standard InChI is InChI=1S/C17H15FN2O2S/c18-15-7-5-14(6-8-15)17-19-16(22-20-17)11-23-10-13-3-1-12(9-21)2-4-13/h1-8,21H,9-11H2. The second kappa shape index (κ2) is 7.39. The number of hydrogen-bond acceptors (Lipinski definition) is 5. The minimum Gasteiger partial charge on any atom is -0.392 e. The molecule has 0 aliphatic rings. The fourth-order valence-electron chi connectivity index (χ4n) is 2.03. The summed E-state index contributed by atoms with van der Waals surface area (Å²) in [4.78, 5) is 4.31. The molecule has 118 valence electrons. The molecule has 3 aromatic rings. The summed E-state index contributed by atoms with van der Waals surface area (Å²) in [5, 5.41) is 12.9. The normalized spacial score (nSPS) is 10.9. The maximum atomic E-state index is 12.9. The Balaban J connectivity index is 1.55. The molecule has 0 bridgehead atoms. The van der Waals surface area contributed by atoms with Gasteiger partial charge >= 0.3 is 0 Å². The van der Waals surface area contributed by atoms with E-state index < -0.39 is 0 Å². The lowest BCUT2D eigenvalue weighted by molar-refractivity contribution is 0.282. The third kappa shape index (κ3) is 4.18. The lowest BCUT2D eigenvalue weighted by Gasteiger charge is -2.01. The van der Waals surface area contributed by atoms with Gasteiger partial charge in [-0.15, -0.1) is 11.8 Å². The summed E-state index contributed by atoms with van der Waals surface area (Å²) in [5.41, 5.74) is 2.80. The molecule has 0 aliphatic carbocycles. The minimum atomic E-state index is -0.291. The first-order valence-corrected chi connectivity index (χ1v) is 8.25. The van der Waals surface area contributed by atoms with E-state index in [1.165, 1.54) is 17.7 Å². The van der Waals surface area contributed by atoms with Crippen LogP contribution < -0.4 is 0 Å². The van der Waals surface area contributed by atoms with Crippen LogP contribution in [0.5, 0.6) is 0 Å². The summed E-state index contributed by atoms with van der Waals surface area (Å²) in [5.74, 6) is 2.14. The lowest BCUT2D eigenvalue weighted by atomic mass is 10.2. The van der Waals surface area contributed by atoms with Gasteiger partial charge in [-0.1, -0.05) is 29.4 Å². The van der Waals surface area contributed by atoms with Gasteiger partial charge in [0.2, 0.25) is 11.7 Å². The summed E-state index contributed by atoms with van der Waals surface area (Å²) >= 11 is 1.67. The van der Waals surface area contributed by atoms with E-state index >= 15 is 0 Å². The highest BCUT2D eigenvalue weighted by molar-refractivity contribution is 7.97. The summed E-state index contributed by atoms with van der Waals surface area (Å²) < 4.78 is 18.1. The van der Waals surface area contributed by atoms with E-state index in [4.69, 9.17) is 9.63 Å². The van der Waals surface area contributed by atoms with Crippen LogP contribution in [0.2, 0.25) is 0 Å². The molecule has 3 rings (SSSR count). The van der Waals surface area contributed by atoms with E-state index in [2.05, 4.69) is 10.1 Å². The van der Waals surface area contributed by atoms with E-state index in [0.29, 0.717) is 17.5 Å². The van der Waals surface area contributed by atoms with Gasteiger partial charge in [0, 0.05) is 11.3 Å². The molecule has 0 fully saturated rings. The van der Waals surface area contributed by atoms with Gasteiger partial charge in [-0.3, -0.25) is 0 Å². The molecule has 0 unspecified atom stereocenters. The van der Waals surface area contributed by atoms with E-state index in [1.54, 1.807) is 23.9 Å². The Hall–Kier alpha value is -2.18. The van der Waals surface area contributed by atoms with Crippen molar-refractivity contribution in [2.24, 2.45) is 0 Å². The lowest BCUT2D eigenvalue weighted by Crippen LogP contribution is -1.87. The first-order chi connectivity index (χ1) is 11.2. The number of benzene rings is 2. The fraction of sp³-hybridized carbons (Fsp3) is 0.176. The van der Waals surface area contributed by atoms with Crippen molar-refractivity contribution < 1.29 is 14.0 Å². The van der Waals surface area contributed by atoms with Gasteiger partial charge in [0.1, 0.15) is 5.82 Å². The number of aliphatic hydroxyl groups excluding tert-OH is 1. The van der Waals surface area contributed by atoms with Gasteiger partial charge in [-0.25, -0.2) is 4.39 Å². The van der Waals surface area contributed by atoms with Crippen molar-refractivity contribution in [1.29, 1.82) is 0 Å². The van der Waals surface area contributed by atoms with Gasteiger partial charge in [0.15, 0.2) is 0 Å². The summed E-state index contributed by atoms with van der Waals surface area (Å²) in [6, 6.07) is 13.8. The number of rotatable bonds is 6. The van der Waals surface area contributed by atoms with Crippen LogP contribution in [0.15, 0.2) is 53.1 Å². The molecule has 0 saturated heterocycles. The number of aromatic nitrogens is 2. The molecule has 0 atom stereocenters. The van der Waals surface area contributed by atoms with Crippen LogP contribution >= 0.6 is 11.8 Å². The van der Waals surface area contributed by atoms with Crippen LogP contribution in [-0.4, -0.2) is 15.2 Å². The van der Waals surface area contributed by atoms with Crippen molar-refractivity contribution in [3.8, 4) is 11.4 Å². The summed E-state index contributed by atoms with van der Waals surface area (Å²) in [6.45, 7) is 0.0571. The smallest absolute Gasteiger partial charge is 0.236 e. The third-order valence-electron chi connectivity index (χ3n) is 3.27. The number of aliphatic hydroxyl groups is 1. The molecule has 0 radical (unpaired) electrons. The molecule has 1 aromatic heterocycles. The van der Waals surface area contributed by atoms with Crippen LogP contribution in [0, 0.1) is 5.82 Å². The first-order valence-electron chi connectivity index (χ1n) is 7.09. The Morgan fingerprint density at radius 3 is 2.35 bits per heavy atom. The average molecular weight is 330 g/mol. The molecule has 2 aromatic carbocycles. The van der Waals surface area contributed by atoms with Crippen LogP contribution in [0.25, 0.3) is 11.4 Å². The van der Waals surface area contributed by atoms with Gasteiger partial charge in [-0.2, -0.15) is 4.98 Å². The van der Waals surface area contributed by atoms with Gasteiger partial charge in [0.25, 0.3) is 0 Å². The summed E-state index contributed by atoms with van der Waals surface area (Å²) in [7, 11) is 0. The number of hydrogen-bond donors (Lipinski definition) is 1. The Kier molecular flexibility index (Phi) is 5.05. The Labute approximate surface area is 137 Å². The highest BCUT2D eigenvalue weighted by Gasteiger charge is 2.08. The zero-order valence-corrected chi connectivity index (χ0v) is 13.1. The van der Waals surface area contributed by atoms with Gasteiger partial charge in [0.05, 0.1) is 12.4 Å². The third-order valence-corrected chi connectivity index (χ3v) is 4.26. The maximum Gasteiger partial charge on any atom is 0.236 e. The Morgan fingerprint density at radius 2 is 1.65 bits per heavy atom. The molecular weight excluding hydrogens is 315 g/mol. The quantitative estimate of drug-likeness (QED) is 0.745. The molecule has 0 spiro atoms. The monoisotopic (exact) mass is 330 g/mol. The van der Waals surface area contributed by atoms with Crippen molar-refractivity contribution in [2.75, 3.05) is 0 Å². The average Bonchev–Trinajstić information content (AvgIpc) is 3.05. The predicted molar refractivity (Wildman–Crippen MR) is 87.1 cm³/mol. The second-order valence-electron chi connectivity index (χ2n) is 4.99. The van der Waals surface area contributed by atoms with E-state index in [1.807, 2.05) is 24.3 Å². The molecule has 6 heteroatoms. The van der Waals surface area contributed by atoms with Gasteiger partial charge in [-0.05, 0) is 35.4 Å². The zero-order valence-electron chi connectivity index (χ0n) is 12.3. The van der Waals surface area contributed by atoms with Crippen molar-refractivity contribution in [3.05, 3.63) is 71.4 Å². The van der Waals surface area contributed by atoms with Gasteiger partial charge < -0.3 is 9.63 Å². The van der Waals surface area contributed by atoms with Crippen LogP contribution in [0.1, 0.15) is 17.0 Å². The minimum absolute atomic E-state index is 0.0571. The predicted octanol–water partition coefficient (Wildman–Crippen LogP) is 3.80. The van der Waals surface area contributed by atoms with Crippen LogP contribution in [0.4, 0.5) is 4.39 Å². The van der Waals surface area contributed by atoms with Crippen molar-refractivity contribution in [1.82, 2.24) is 10.1 Å². The van der Waals surface area contributed by atoms with E-state index in [9.17, 15) is 4.39 Å². The molecule has 1 N–H and O–H groups in total. The second-order valence-corrected chi connectivity index (χ2v) is 5.97. The molecule has 1 heterocycles. The Bertz CT molecular complexity index is 757. The molecular formula is C17H15FN2O2S. The van der Waals surface area contributed by atoms with Crippen LogP contribution in [0.3, 0.4) is 0 Å². The summed E-state index contributed by atoms with van der Waals surface area (Å²) in [6.07, 6.45) is 0. The van der Waals surface area contributed by atoms with E-state index in [-0.39, 0.29) is 12.4 Å². The molecule has 4 nitrogen and oxygen atoms in total. The number of nitrogens with zero attached hydrogens (tertiary/aromatic N) is 2. The van der Waals surface area contributed by atoms with Crippen LogP contribution in [-0.2, 0) is 18.1 Å². The largest absolute Gasteiger partial charge is 0.392 e. The zero-order chi connectivity index (χ0) is 16.1. The fourth-order valence-corrected chi connectivity index (χ4v) is 2.85. The Morgan fingerprint density at radius 1 is 0.957 bits per heavy atom. The van der Waals surface area contributed by atoms with Crippen molar-refractivity contribution >= 4 is 11.8 Å². The number of thioether (sulfide) groups is 1. The maximum absolute atomic E-state index is 12.9. The molecule has 23 heavy (non-hydrogen) atoms. The first kappa shape index (κ1) is 15.7. The molecule has 0 saturated carbocycles. The topological polar surface area (TPSA) is 59.2 Å². The highest BCUT2D eigenvalue weighted by Crippen LogP contribution is 2.20. The highest BCUT2D eigenvalue weighted by atomic mass is 32.2. The SMILES string of the molecule is OCc1ccc(CSCc2nc(-c3ccc(F)cc3)no2)cc1. The number of halogens is 1.